The summed E-state index contributed by atoms with van der Waals surface area (Å²) >= 11 is 8.16. The first-order chi connectivity index (χ1) is 11.7. The highest BCUT2D eigenvalue weighted by Gasteiger charge is 2.31. The molecule has 25 heavy (non-hydrogen) atoms. The number of hydrogen-bond donors (Lipinski definition) is 1. The summed E-state index contributed by atoms with van der Waals surface area (Å²) in [5, 5.41) is 3.18. The highest BCUT2D eigenvalue weighted by Crippen LogP contribution is 2.26. The first-order valence-corrected chi connectivity index (χ1v) is 10.8. The molecule has 0 bridgehead atoms. The number of nitrogens with one attached hydrogen (secondary N) is 1. The second-order valence-electron chi connectivity index (χ2n) is 5.46. The molecule has 1 atom stereocenters. The number of halogens is 2. The van der Waals surface area contributed by atoms with Gasteiger partial charge < -0.3 is 5.32 Å². The number of hydrogen-bond acceptors (Lipinski definition) is 3. The molecule has 0 aliphatic heterocycles. The molecule has 0 saturated carbocycles. The Kier molecular flexibility index (Phi) is 6.70. The molecule has 134 valence electrons. The van der Waals surface area contributed by atoms with Crippen molar-refractivity contribution < 1.29 is 13.2 Å². The van der Waals surface area contributed by atoms with Gasteiger partial charge >= 0.3 is 0 Å². The molecular formula is C17H18ClIN2O3S. The van der Waals surface area contributed by atoms with Gasteiger partial charge in [-0.2, -0.15) is 0 Å². The minimum Gasteiger partial charge on any atom is -0.324 e. The van der Waals surface area contributed by atoms with E-state index >= 15 is 0 Å². The van der Waals surface area contributed by atoms with Crippen LogP contribution in [0.1, 0.15) is 13.3 Å². The molecule has 2 aromatic carbocycles. The van der Waals surface area contributed by atoms with Gasteiger partial charge in [0.15, 0.2) is 0 Å². The van der Waals surface area contributed by atoms with Crippen LogP contribution in [-0.2, 0) is 14.8 Å². The second-order valence-corrected chi connectivity index (χ2v) is 9.00. The lowest BCUT2D eigenvalue weighted by Crippen LogP contribution is -2.47. The third-order valence-corrected chi connectivity index (χ3v) is 5.64. The van der Waals surface area contributed by atoms with E-state index in [1.54, 1.807) is 37.3 Å². The fourth-order valence-corrected chi connectivity index (χ4v) is 4.18. The molecule has 0 aliphatic carbocycles. The van der Waals surface area contributed by atoms with E-state index in [-0.39, 0.29) is 0 Å². The van der Waals surface area contributed by atoms with Crippen molar-refractivity contribution in [3.8, 4) is 0 Å². The van der Waals surface area contributed by atoms with E-state index in [0.29, 0.717) is 22.8 Å². The summed E-state index contributed by atoms with van der Waals surface area (Å²) in [6, 6.07) is 12.8. The molecule has 0 aromatic heterocycles. The summed E-state index contributed by atoms with van der Waals surface area (Å²) in [5.74, 6) is -0.394. The van der Waals surface area contributed by atoms with Crippen LogP contribution in [0.15, 0.2) is 48.5 Å². The number of sulfonamides is 1. The average Bonchev–Trinajstić information content (AvgIpc) is 2.53. The van der Waals surface area contributed by atoms with Crippen molar-refractivity contribution in [3.05, 3.63) is 57.1 Å². The number of carbonyl (C=O) groups is 1. The van der Waals surface area contributed by atoms with Crippen molar-refractivity contribution in [1.82, 2.24) is 0 Å². The van der Waals surface area contributed by atoms with E-state index in [4.69, 9.17) is 11.6 Å². The first-order valence-electron chi connectivity index (χ1n) is 7.53. The fraction of sp³-hybridized carbons (Fsp3) is 0.235. The normalized spacial score (nSPS) is 12.5. The SMILES string of the molecule is CCC(C(=O)Nc1ccc(I)cc1)N(c1cccc(Cl)c1)S(C)(=O)=O. The molecule has 0 spiro atoms. The minimum atomic E-state index is -3.68. The zero-order valence-corrected chi connectivity index (χ0v) is 17.5. The molecule has 1 unspecified atom stereocenters. The zero-order valence-electron chi connectivity index (χ0n) is 13.7. The first kappa shape index (κ1) is 20.0. The maximum atomic E-state index is 12.7. The van der Waals surface area contributed by atoms with Crippen LogP contribution in [0.4, 0.5) is 11.4 Å². The van der Waals surface area contributed by atoms with E-state index in [1.807, 2.05) is 12.1 Å². The number of anilines is 2. The van der Waals surface area contributed by atoms with Crippen LogP contribution in [0.2, 0.25) is 5.02 Å². The Bertz CT molecular complexity index is 856. The summed E-state index contributed by atoms with van der Waals surface area (Å²) in [7, 11) is -3.68. The summed E-state index contributed by atoms with van der Waals surface area (Å²) in [4.78, 5) is 12.7. The summed E-state index contributed by atoms with van der Waals surface area (Å²) in [5.41, 5.74) is 0.975. The molecule has 0 heterocycles. The highest BCUT2D eigenvalue weighted by atomic mass is 127. The highest BCUT2D eigenvalue weighted by molar-refractivity contribution is 14.1. The molecule has 2 aromatic rings. The van der Waals surface area contributed by atoms with Crippen LogP contribution in [0.3, 0.4) is 0 Å². The van der Waals surface area contributed by atoms with E-state index in [9.17, 15) is 13.2 Å². The largest absolute Gasteiger partial charge is 0.324 e. The van der Waals surface area contributed by atoms with Gasteiger partial charge in [0.2, 0.25) is 15.9 Å². The molecule has 0 radical (unpaired) electrons. The second kappa shape index (κ2) is 8.37. The standard InChI is InChI=1S/C17H18ClIN2O3S/c1-3-16(17(22)20-14-9-7-13(19)8-10-14)21(25(2,23)24)15-6-4-5-12(18)11-15/h4-11,16H,3H2,1-2H3,(H,20,22). The van der Waals surface area contributed by atoms with Gasteiger partial charge in [0.05, 0.1) is 11.9 Å². The topological polar surface area (TPSA) is 66.5 Å². The molecule has 1 amide bonds. The predicted molar refractivity (Wildman–Crippen MR) is 111 cm³/mol. The van der Waals surface area contributed by atoms with E-state index < -0.39 is 22.0 Å². The summed E-state index contributed by atoms with van der Waals surface area (Å²) in [6.45, 7) is 1.76. The van der Waals surface area contributed by atoms with Crippen molar-refractivity contribution in [3.63, 3.8) is 0 Å². The van der Waals surface area contributed by atoms with Gasteiger partial charge in [-0.3, -0.25) is 9.10 Å². The maximum absolute atomic E-state index is 12.7. The van der Waals surface area contributed by atoms with Crippen molar-refractivity contribution >= 4 is 61.5 Å². The Labute approximate surface area is 166 Å². The molecule has 8 heteroatoms. The molecule has 1 N–H and O–H groups in total. The maximum Gasteiger partial charge on any atom is 0.248 e. The zero-order chi connectivity index (χ0) is 18.6. The van der Waals surface area contributed by atoms with Crippen LogP contribution in [0.5, 0.6) is 0 Å². The molecular weight excluding hydrogens is 475 g/mol. The quantitative estimate of drug-likeness (QED) is 0.617. The van der Waals surface area contributed by atoms with Crippen molar-refractivity contribution in [1.29, 1.82) is 0 Å². The lowest BCUT2D eigenvalue weighted by atomic mass is 10.2. The van der Waals surface area contributed by atoms with Gasteiger partial charge in [0.25, 0.3) is 0 Å². The summed E-state index contributed by atoms with van der Waals surface area (Å²) < 4.78 is 26.8. The number of rotatable bonds is 6. The smallest absolute Gasteiger partial charge is 0.248 e. The van der Waals surface area contributed by atoms with Gasteiger partial charge in [0, 0.05) is 14.3 Å². The molecule has 0 saturated heterocycles. The van der Waals surface area contributed by atoms with Gasteiger partial charge in [-0.15, -0.1) is 0 Å². The predicted octanol–water partition coefficient (Wildman–Crippen LogP) is 4.13. The van der Waals surface area contributed by atoms with E-state index in [2.05, 4.69) is 27.9 Å². The Balaban J connectivity index is 2.36. The van der Waals surface area contributed by atoms with Gasteiger partial charge in [-0.05, 0) is 71.5 Å². The van der Waals surface area contributed by atoms with Crippen molar-refractivity contribution in [2.75, 3.05) is 15.9 Å². The molecule has 5 nitrogen and oxygen atoms in total. The number of nitrogens with zero attached hydrogens (tertiary/aromatic N) is 1. The Morgan fingerprint density at radius 2 is 1.88 bits per heavy atom. The van der Waals surface area contributed by atoms with Crippen molar-refractivity contribution in [2.24, 2.45) is 0 Å². The number of benzene rings is 2. The Hall–Kier alpha value is -1.32. The third kappa shape index (κ3) is 5.32. The Morgan fingerprint density at radius 1 is 1.24 bits per heavy atom. The monoisotopic (exact) mass is 492 g/mol. The fourth-order valence-electron chi connectivity index (χ4n) is 2.43. The van der Waals surface area contributed by atoms with Gasteiger partial charge in [-0.25, -0.2) is 8.42 Å². The van der Waals surface area contributed by atoms with Crippen LogP contribution in [-0.4, -0.2) is 26.6 Å². The lowest BCUT2D eigenvalue weighted by Gasteiger charge is -2.30. The lowest BCUT2D eigenvalue weighted by molar-refractivity contribution is -0.117. The number of amides is 1. The Morgan fingerprint density at radius 3 is 2.40 bits per heavy atom. The van der Waals surface area contributed by atoms with E-state index in [1.165, 1.54) is 6.07 Å². The molecule has 2 rings (SSSR count). The molecule has 0 fully saturated rings. The van der Waals surface area contributed by atoms with Gasteiger partial charge in [0.1, 0.15) is 6.04 Å². The van der Waals surface area contributed by atoms with Crippen molar-refractivity contribution in [2.45, 2.75) is 19.4 Å². The third-order valence-electron chi connectivity index (χ3n) is 3.50. The number of carbonyl (C=O) groups excluding carboxylic acids is 1. The van der Waals surface area contributed by atoms with Crippen LogP contribution >= 0.6 is 34.2 Å². The van der Waals surface area contributed by atoms with Crippen LogP contribution in [0.25, 0.3) is 0 Å². The van der Waals surface area contributed by atoms with Crippen LogP contribution < -0.4 is 9.62 Å². The summed E-state index contributed by atoms with van der Waals surface area (Å²) in [6.07, 6.45) is 1.39. The van der Waals surface area contributed by atoms with E-state index in [0.717, 1.165) is 14.1 Å². The average molecular weight is 493 g/mol. The molecule has 0 aliphatic rings. The van der Waals surface area contributed by atoms with Crippen LogP contribution in [0, 0.1) is 3.57 Å². The minimum absolute atomic E-state index is 0.315. The van der Waals surface area contributed by atoms with Gasteiger partial charge in [-0.1, -0.05) is 24.6 Å².